The van der Waals surface area contributed by atoms with Crippen molar-refractivity contribution >= 4 is 5.69 Å². The van der Waals surface area contributed by atoms with E-state index in [2.05, 4.69) is 11.8 Å². The van der Waals surface area contributed by atoms with E-state index in [0.29, 0.717) is 5.56 Å². The van der Waals surface area contributed by atoms with Gasteiger partial charge in [-0.15, -0.1) is 0 Å². The van der Waals surface area contributed by atoms with E-state index >= 15 is 0 Å². The maximum Gasteiger partial charge on any atom is 0.147 e. The smallest absolute Gasteiger partial charge is 0.147 e. The predicted octanol–water partition coefficient (Wildman–Crippen LogP) is 0.718. The highest BCUT2D eigenvalue weighted by Crippen LogP contribution is 2.13. The van der Waals surface area contributed by atoms with Crippen LogP contribution in [0.2, 0.25) is 0 Å². The summed E-state index contributed by atoms with van der Waals surface area (Å²) < 4.78 is 12.8. The molecule has 0 bridgehead atoms. The van der Waals surface area contributed by atoms with Crippen molar-refractivity contribution in [1.29, 1.82) is 0 Å². The molecule has 0 heterocycles. The topological polar surface area (TPSA) is 52.0 Å². The number of nitrogen functional groups attached to an aromatic ring is 1. The van der Waals surface area contributed by atoms with Gasteiger partial charge in [0.25, 0.3) is 0 Å². The van der Waals surface area contributed by atoms with E-state index in [1.54, 1.807) is 12.1 Å². The SMILES string of the molecule is NCC#Cc1cccc(F)c1N. The van der Waals surface area contributed by atoms with Crippen LogP contribution in [0.4, 0.5) is 10.1 Å². The van der Waals surface area contributed by atoms with E-state index in [-0.39, 0.29) is 12.2 Å². The van der Waals surface area contributed by atoms with Gasteiger partial charge in [0.1, 0.15) is 5.82 Å². The van der Waals surface area contributed by atoms with Crippen molar-refractivity contribution < 1.29 is 4.39 Å². The molecule has 4 N–H and O–H groups in total. The molecule has 0 radical (unpaired) electrons. The number of para-hydroxylation sites is 1. The minimum atomic E-state index is -0.446. The molecule has 62 valence electrons. The molecule has 0 aliphatic rings. The van der Waals surface area contributed by atoms with Gasteiger partial charge in [-0.1, -0.05) is 17.9 Å². The molecular formula is C9H9FN2. The molecule has 1 aromatic rings. The van der Waals surface area contributed by atoms with Gasteiger partial charge in [0, 0.05) is 0 Å². The van der Waals surface area contributed by atoms with Gasteiger partial charge >= 0.3 is 0 Å². The van der Waals surface area contributed by atoms with Crippen LogP contribution >= 0.6 is 0 Å². The third-order valence-corrected chi connectivity index (χ3v) is 1.38. The Bertz CT molecular complexity index is 336. The quantitative estimate of drug-likeness (QED) is 0.438. The summed E-state index contributed by atoms with van der Waals surface area (Å²) in [4.78, 5) is 0. The van der Waals surface area contributed by atoms with E-state index in [9.17, 15) is 4.39 Å². The molecule has 0 spiro atoms. The maximum atomic E-state index is 12.8. The zero-order valence-electron chi connectivity index (χ0n) is 6.47. The molecule has 0 unspecified atom stereocenters. The van der Waals surface area contributed by atoms with Gasteiger partial charge in [-0.25, -0.2) is 4.39 Å². The zero-order valence-corrected chi connectivity index (χ0v) is 6.47. The van der Waals surface area contributed by atoms with Crippen LogP contribution in [0.25, 0.3) is 0 Å². The van der Waals surface area contributed by atoms with Crippen LogP contribution in [0, 0.1) is 17.7 Å². The summed E-state index contributed by atoms with van der Waals surface area (Å²) in [5, 5.41) is 0. The van der Waals surface area contributed by atoms with Gasteiger partial charge in [-0.3, -0.25) is 0 Å². The van der Waals surface area contributed by atoms with E-state index in [4.69, 9.17) is 11.5 Å². The van der Waals surface area contributed by atoms with Gasteiger partial charge in [0.15, 0.2) is 0 Å². The Morgan fingerprint density at radius 2 is 2.17 bits per heavy atom. The van der Waals surface area contributed by atoms with E-state index in [0.717, 1.165) is 0 Å². The second-order valence-electron chi connectivity index (χ2n) is 2.21. The Labute approximate surface area is 70.4 Å². The lowest BCUT2D eigenvalue weighted by molar-refractivity contribution is 0.632. The van der Waals surface area contributed by atoms with E-state index < -0.39 is 5.82 Å². The maximum absolute atomic E-state index is 12.8. The minimum absolute atomic E-state index is 0.0819. The Balaban J connectivity index is 3.08. The molecule has 0 aliphatic carbocycles. The molecule has 0 saturated carbocycles. The van der Waals surface area contributed by atoms with Crippen molar-refractivity contribution in [3.8, 4) is 11.8 Å². The minimum Gasteiger partial charge on any atom is -0.395 e. The van der Waals surface area contributed by atoms with Gasteiger partial charge in [0.2, 0.25) is 0 Å². The fourth-order valence-electron chi connectivity index (χ4n) is 0.792. The summed E-state index contributed by atoms with van der Waals surface area (Å²) in [5.74, 6) is 4.83. The number of hydrogen-bond donors (Lipinski definition) is 2. The molecule has 0 aromatic heterocycles. The Kier molecular flexibility index (Phi) is 2.67. The molecule has 0 atom stereocenters. The average Bonchev–Trinajstić information content (AvgIpc) is 2.08. The molecular weight excluding hydrogens is 155 g/mol. The van der Waals surface area contributed by atoms with Crippen LogP contribution in [0.3, 0.4) is 0 Å². The second-order valence-corrected chi connectivity index (χ2v) is 2.21. The van der Waals surface area contributed by atoms with Crippen LogP contribution in [0.5, 0.6) is 0 Å². The van der Waals surface area contributed by atoms with Gasteiger partial charge in [0.05, 0.1) is 17.8 Å². The molecule has 0 amide bonds. The summed E-state index contributed by atoms with van der Waals surface area (Å²) >= 11 is 0. The summed E-state index contributed by atoms with van der Waals surface area (Å²) in [6.07, 6.45) is 0. The first-order valence-corrected chi connectivity index (χ1v) is 3.48. The molecule has 1 rings (SSSR count). The molecule has 0 saturated heterocycles. The first kappa shape index (κ1) is 8.57. The highest BCUT2D eigenvalue weighted by molar-refractivity contribution is 5.56. The fraction of sp³-hybridized carbons (Fsp3) is 0.111. The van der Waals surface area contributed by atoms with Crippen molar-refractivity contribution in [3.63, 3.8) is 0 Å². The van der Waals surface area contributed by atoms with Gasteiger partial charge in [-0.2, -0.15) is 0 Å². The number of benzene rings is 1. The average molecular weight is 164 g/mol. The van der Waals surface area contributed by atoms with Crippen molar-refractivity contribution in [1.82, 2.24) is 0 Å². The lowest BCUT2D eigenvalue weighted by atomic mass is 10.2. The first-order valence-electron chi connectivity index (χ1n) is 3.48. The van der Waals surface area contributed by atoms with Gasteiger partial charge in [-0.05, 0) is 12.1 Å². The van der Waals surface area contributed by atoms with Crippen LogP contribution in [0.1, 0.15) is 5.56 Å². The first-order chi connectivity index (χ1) is 5.75. The summed E-state index contributed by atoms with van der Waals surface area (Å²) in [6.45, 7) is 0.246. The monoisotopic (exact) mass is 164 g/mol. The lowest BCUT2D eigenvalue weighted by Gasteiger charge is -1.97. The Hall–Kier alpha value is -1.53. The number of halogens is 1. The normalized spacial score (nSPS) is 8.83. The van der Waals surface area contributed by atoms with Crippen LogP contribution < -0.4 is 11.5 Å². The summed E-state index contributed by atoms with van der Waals surface area (Å²) in [6, 6.07) is 4.51. The fourth-order valence-corrected chi connectivity index (χ4v) is 0.792. The van der Waals surface area contributed by atoms with Crippen molar-refractivity contribution in [2.75, 3.05) is 12.3 Å². The third kappa shape index (κ3) is 1.74. The lowest BCUT2D eigenvalue weighted by Crippen LogP contribution is -1.96. The van der Waals surface area contributed by atoms with Crippen LogP contribution in [0.15, 0.2) is 18.2 Å². The van der Waals surface area contributed by atoms with Crippen molar-refractivity contribution in [3.05, 3.63) is 29.6 Å². The molecule has 2 nitrogen and oxygen atoms in total. The molecule has 12 heavy (non-hydrogen) atoms. The summed E-state index contributed by atoms with van der Waals surface area (Å²) in [7, 11) is 0. The van der Waals surface area contributed by atoms with Crippen molar-refractivity contribution in [2.45, 2.75) is 0 Å². The largest absolute Gasteiger partial charge is 0.395 e. The van der Waals surface area contributed by atoms with Gasteiger partial charge < -0.3 is 11.5 Å². The zero-order chi connectivity index (χ0) is 8.97. The predicted molar refractivity (Wildman–Crippen MR) is 46.7 cm³/mol. The number of hydrogen-bond acceptors (Lipinski definition) is 2. The Morgan fingerprint density at radius 1 is 1.42 bits per heavy atom. The molecule has 0 aliphatic heterocycles. The second kappa shape index (κ2) is 3.74. The highest BCUT2D eigenvalue weighted by Gasteiger charge is 1.99. The molecule has 1 aromatic carbocycles. The van der Waals surface area contributed by atoms with Crippen LogP contribution in [-0.2, 0) is 0 Å². The number of anilines is 1. The number of nitrogens with two attached hydrogens (primary N) is 2. The standard InChI is InChI=1S/C9H9FN2/c10-8-5-1-3-7(9(8)12)4-2-6-11/h1,3,5H,6,11-12H2. The number of rotatable bonds is 0. The molecule has 3 heteroatoms. The summed E-state index contributed by atoms with van der Waals surface area (Å²) in [5.41, 5.74) is 11.1. The van der Waals surface area contributed by atoms with E-state index in [1.165, 1.54) is 6.07 Å². The van der Waals surface area contributed by atoms with Crippen molar-refractivity contribution in [2.24, 2.45) is 5.73 Å². The van der Waals surface area contributed by atoms with E-state index in [1.807, 2.05) is 0 Å². The Morgan fingerprint density at radius 3 is 2.83 bits per heavy atom. The van der Waals surface area contributed by atoms with Crippen LogP contribution in [-0.4, -0.2) is 6.54 Å². The molecule has 0 fully saturated rings. The highest BCUT2D eigenvalue weighted by atomic mass is 19.1. The third-order valence-electron chi connectivity index (χ3n) is 1.38.